The van der Waals surface area contributed by atoms with Gasteiger partial charge < -0.3 is 5.11 Å². The lowest BCUT2D eigenvalue weighted by Crippen LogP contribution is -2.22. The third-order valence-electron chi connectivity index (χ3n) is 4.04. The Balaban J connectivity index is 2.04. The molecular weight excluding hydrogens is 184 g/mol. The second-order valence-electron chi connectivity index (χ2n) is 5.59. The summed E-state index contributed by atoms with van der Waals surface area (Å²) in [5.74, 6) is 4.50. The van der Waals surface area contributed by atoms with E-state index in [1.807, 2.05) is 12.2 Å². The molecule has 1 heteroatoms. The first kappa shape index (κ1) is 10.8. The van der Waals surface area contributed by atoms with E-state index in [1.54, 1.807) is 0 Å². The fourth-order valence-electron chi connectivity index (χ4n) is 3.10. The van der Waals surface area contributed by atoms with Crippen LogP contribution in [0.2, 0.25) is 0 Å². The van der Waals surface area contributed by atoms with Crippen LogP contribution in [0.1, 0.15) is 33.6 Å². The van der Waals surface area contributed by atoms with Gasteiger partial charge in [-0.15, -0.1) is 0 Å². The molecule has 2 aliphatic rings. The highest BCUT2D eigenvalue weighted by molar-refractivity contribution is 5.18. The molecule has 1 saturated carbocycles. The Bertz CT molecular complexity index is 288. The highest BCUT2D eigenvalue weighted by Crippen LogP contribution is 2.50. The van der Waals surface area contributed by atoms with Gasteiger partial charge in [0, 0.05) is 0 Å². The third kappa shape index (κ3) is 2.27. The Morgan fingerprint density at radius 3 is 2.47 bits per heavy atom. The molecule has 0 aromatic heterocycles. The van der Waals surface area contributed by atoms with E-state index < -0.39 is 0 Å². The number of allylic oxidation sites excluding steroid dienone is 3. The lowest BCUT2D eigenvalue weighted by molar-refractivity contribution is 0.246. The fourth-order valence-corrected chi connectivity index (χ4v) is 3.10. The zero-order chi connectivity index (χ0) is 11.0. The first-order chi connectivity index (χ1) is 7.09. The molecule has 2 aliphatic carbocycles. The van der Waals surface area contributed by atoms with Crippen LogP contribution in [-0.4, -0.2) is 5.11 Å². The van der Waals surface area contributed by atoms with Gasteiger partial charge in [0.25, 0.3) is 0 Å². The second-order valence-corrected chi connectivity index (χ2v) is 5.59. The van der Waals surface area contributed by atoms with Crippen LogP contribution in [0.4, 0.5) is 0 Å². The Morgan fingerprint density at radius 2 is 2.07 bits per heavy atom. The van der Waals surface area contributed by atoms with Crippen molar-refractivity contribution in [2.45, 2.75) is 33.6 Å². The van der Waals surface area contributed by atoms with Crippen LogP contribution in [0.15, 0.2) is 24.0 Å². The van der Waals surface area contributed by atoms with Crippen molar-refractivity contribution in [2.75, 3.05) is 0 Å². The zero-order valence-electron chi connectivity index (χ0n) is 9.98. The normalized spacial score (nSPS) is 36.5. The summed E-state index contributed by atoms with van der Waals surface area (Å²) in [4.78, 5) is 0. The van der Waals surface area contributed by atoms with Crippen molar-refractivity contribution in [3.63, 3.8) is 0 Å². The summed E-state index contributed by atoms with van der Waals surface area (Å²) in [6.45, 7) is 7.03. The predicted molar refractivity (Wildman–Crippen MR) is 63.6 cm³/mol. The van der Waals surface area contributed by atoms with Gasteiger partial charge in [0.05, 0.1) is 0 Å². The van der Waals surface area contributed by atoms with Gasteiger partial charge in [-0.3, -0.25) is 0 Å². The lowest BCUT2D eigenvalue weighted by Gasteiger charge is -2.29. The van der Waals surface area contributed by atoms with Crippen molar-refractivity contribution >= 4 is 0 Å². The maximum absolute atomic E-state index is 9.33. The lowest BCUT2D eigenvalue weighted by atomic mass is 9.76. The molecule has 4 atom stereocenters. The van der Waals surface area contributed by atoms with Gasteiger partial charge in [0.2, 0.25) is 0 Å². The van der Waals surface area contributed by atoms with Gasteiger partial charge in [-0.25, -0.2) is 0 Å². The molecule has 2 rings (SSSR count). The number of rotatable bonds is 3. The van der Waals surface area contributed by atoms with Crippen LogP contribution >= 0.6 is 0 Å². The van der Waals surface area contributed by atoms with Crippen molar-refractivity contribution in [3.05, 3.63) is 24.0 Å². The average molecular weight is 206 g/mol. The highest BCUT2D eigenvalue weighted by atomic mass is 16.3. The smallest absolute Gasteiger partial charge is 0.111 e. The minimum absolute atomic E-state index is 0.442. The Labute approximate surface area is 92.9 Å². The topological polar surface area (TPSA) is 20.2 Å². The minimum atomic E-state index is 0.442. The SMILES string of the molecule is CC(C)C(C1C=CC(O)=CC1)C1CC1C. The molecule has 0 aliphatic heterocycles. The van der Waals surface area contributed by atoms with Gasteiger partial charge in [-0.1, -0.05) is 26.8 Å². The first-order valence-electron chi connectivity index (χ1n) is 6.17. The standard InChI is InChI=1S/C14H22O/c1-9(2)14(13-8-10(13)3)11-4-6-12(15)7-5-11/h4,6-7,9-11,13-15H,5,8H2,1-3H3. The number of hydrogen-bond acceptors (Lipinski definition) is 1. The van der Waals surface area contributed by atoms with E-state index in [4.69, 9.17) is 0 Å². The molecule has 1 N–H and O–H groups in total. The molecule has 84 valence electrons. The molecule has 4 unspecified atom stereocenters. The summed E-state index contributed by atoms with van der Waals surface area (Å²) in [5, 5.41) is 9.33. The van der Waals surface area contributed by atoms with E-state index in [1.165, 1.54) is 6.42 Å². The number of aliphatic hydroxyl groups is 1. The van der Waals surface area contributed by atoms with Crippen molar-refractivity contribution in [3.8, 4) is 0 Å². The van der Waals surface area contributed by atoms with E-state index in [0.717, 1.165) is 30.1 Å². The zero-order valence-corrected chi connectivity index (χ0v) is 9.98. The number of hydrogen-bond donors (Lipinski definition) is 1. The molecule has 0 radical (unpaired) electrons. The average Bonchev–Trinajstić information content (AvgIpc) is 2.86. The maximum atomic E-state index is 9.33. The van der Waals surface area contributed by atoms with Crippen LogP contribution in [0.3, 0.4) is 0 Å². The van der Waals surface area contributed by atoms with Crippen LogP contribution in [0.5, 0.6) is 0 Å². The van der Waals surface area contributed by atoms with E-state index in [-0.39, 0.29) is 0 Å². The van der Waals surface area contributed by atoms with Crippen molar-refractivity contribution < 1.29 is 5.11 Å². The van der Waals surface area contributed by atoms with Crippen LogP contribution in [-0.2, 0) is 0 Å². The van der Waals surface area contributed by atoms with Gasteiger partial charge in [0.15, 0.2) is 0 Å². The van der Waals surface area contributed by atoms with Crippen molar-refractivity contribution in [2.24, 2.45) is 29.6 Å². The summed E-state index contributed by atoms with van der Waals surface area (Å²) in [6, 6.07) is 0. The molecule has 0 heterocycles. The van der Waals surface area contributed by atoms with Crippen molar-refractivity contribution in [1.29, 1.82) is 0 Å². The first-order valence-corrected chi connectivity index (χ1v) is 6.17. The van der Waals surface area contributed by atoms with E-state index in [9.17, 15) is 5.11 Å². The Hall–Kier alpha value is -0.720. The molecule has 0 saturated heterocycles. The molecule has 0 aromatic rings. The monoisotopic (exact) mass is 206 g/mol. The third-order valence-corrected chi connectivity index (χ3v) is 4.04. The quantitative estimate of drug-likeness (QED) is 0.741. The summed E-state index contributed by atoms with van der Waals surface area (Å²) in [5.41, 5.74) is 0. The fraction of sp³-hybridized carbons (Fsp3) is 0.714. The summed E-state index contributed by atoms with van der Waals surface area (Å²) in [6.07, 6.45) is 8.48. The molecule has 0 aromatic carbocycles. The van der Waals surface area contributed by atoms with E-state index in [0.29, 0.717) is 11.7 Å². The van der Waals surface area contributed by atoms with Crippen LogP contribution in [0.25, 0.3) is 0 Å². The molecule has 15 heavy (non-hydrogen) atoms. The second kappa shape index (κ2) is 4.03. The number of aliphatic hydroxyl groups excluding tert-OH is 1. The van der Waals surface area contributed by atoms with Crippen LogP contribution in [0, 0.1) is 29.6 Å². The molecule has 1 fully saturated rings. The molecule has 1 nitrogen and oxygen atoms in total. The molecule has 0 spiro atoms. The largest absolute Gasteiger partial charge is 0.508 e. The molecule has 0 bridgehead atoms. The highest BCUT2D eigenvalue weighted by Gasteiger charge is 2.43. The minimum Gasteiger partial charge on any atom is -0.508 e. The van der Waals surface area contributed by atoms with E-state index >= 15 is 0 Å². The summed E-state index contributed by atoms with van der Waals surface area (Å²) >= 11 is 0. The van der Waals surface area contributed by atoms with Gasteiger partial charge in [-0.2, -0.15) is 0 Å². The predicted octanol–water partition coefficient (Wildman–Crippen LogP) is 3.93. The van der Waals surface area contributed by atoms with Crippen molar-refractivity contribution in [1.82, 2.24) is 0 Å². The van der Waals surface area contributed by atoms with Crippen LogP contribution < -0.4 is 0 Å². The summed E-state index contributed by atoms with van der Waals surface area (Å²) in [7, 11) is 0. The Kier molecular flexibility index (Phi) is 2.90. The molecule has 0 amide bonds. The van der Waals surface area contributed by atoms with Gasteiger partial charge >= 0.3 is 0 Å². The maximum Gasteiger partial charge on any atom is 0.111 e. The van der Waals surface area contributed by atoms with Gasteiger partial charge in [-0.05, 0) is 54.6 Å². The van der Waals surface area contributed by atoms with E-state index in [2.05, 4.69) is 26.8 Å². The van der Waals surface area contributed by atoms with Gasteiger partial charge in [0.1, 0.15) is 5.76 Å². The summed E-state index contributed by atoms with van der Waals surface area (Å²) < 4.78 is 0. The molecular formula is C14H22O. The Morgan fingerprint density at radius 1 is 1.40 bits per heavy atom.